The van der Waals surface area contributed by atoms with E-state index in [4.69, 9.17) is 23.2 Å². The van der Waals surface area contributed by atoms with Crippen LogP contribution < -0.4 is 5.32 Å². The van der Waals surface area contributed by atoms with Gasteiger partial charge in [0, 0.05) is 28.5 Å². The minimum absolute atomic E-state index is 0.178. The molecular formula is C16H15Cl2N5O. The molecule has 0 fully saturated rings. The molecule has 0 radical (unpaired) electrons. The Balaban J connectivity index is 1.74. The molecule has 1 atom stereocenters. The van der Waals surface area contributed by atoms with Crippen LogP contribution >= 0.6 is 23.2 Å². The van der Waals surface area contributed by atoms with Crippen molar-refractivity contribution in [2.24, 2.45) is 0 Å². The maximum Gasteiger partial charge on any atom is 0.250 e. The molecule has 0 bridgehead atoms. The van der Waals surface area contributed by atoms with Crippen LogP contribution in [-0.4, -0.2) is 25.5 Å². The van der Waals surface area contributed by atoms with Gasteiger partial charge in [-0.15, -0.1) is 0 Å². The molecule has 0 saturated carbocycles. The van der Waals surface area contributed by atoms with Gasteiger partial charge in [-0.2, -0.15) is 10.2 Å². The summed E-state index contributed by atoms with van der Waals surface area (Å²) in [5.74, 6) is 0.410. The monoisotopic (exact) mass is 363 g/mol. The van der Waals surface area contributed by atoms with Crippen molar-refractivity contribution < 1.29 is 4.79 Å². The number of anilines is 1. The Labute approximate surface area is 149 Å². The zero-order valence-corrected chi connectivity index (χ0v) is 14.4. The van der Waals surface area contributed by atoms with E-state index in [0.717, 1.165) is 5.56 Å². The number of carbonyl (C=O) groups is 1. The molecule has 0 aliphatic heterocycles. The molecule has 1 N–H and O–H groups in total. The third-order valence-corrected chi connectivity index (χ3v) is 4.19. The first kappa shape index (κ1) is 16.5. The third kappa shape index (κ3) is 3.60. The summed E-state index contributed by atoms with van der Waals surface area (Å²) < 4.78 is 3.26. The Bertz CT molecular complexity index is 844. The van der Waals surface area contributed by atoms with Crippen LogP contribution in [-0.2, 0) is 11.3 Å². The molecule has 0 aliphatic carbocycles. The molecule has 6 nitrogen and oxygen atoms in total. The Morgan fingerprint density at radius 3 is 2.79 bits per heavy atom. The van der Waals surface area contributed by atoms with Gasteiger partial charge in [0.05, 0.1) is 12.7 Å². The summed E-state index contributed by atoms with van der Waals surface area (Å²) in [6.07, 6.45) is 5.00. The number of hydrogen-bond donors (Lipinski definition) is 1. The predicted octanol–water partition coefficient (Wildman–Crippen LogP) is 3.63. The van der Waals surface area contributed by atoms with Gasteiger partial charge in [0.15, 0.2) is 0 Å². The van der Waals surface area contributed by atoms with Gasteiger partial charge < -0.3 is 5.32 Å². The minimum Gasteiger partial charge on any atom is -0.309 e. The Kier molecular flexibility index (Phi) is 4.87. The maximum atomic E-state index is 12.4. The lowest BCUT2D eigenvalue weighted by atomic mass is 10.2. The zero-order chi connectivity index (χ0) is 17.1. The van der Waals surface area contributed by atoms with E-state index in [1.165, 1.54) is 0 Å². The highest BCUT2D eigenvalue weighted by atomic mass is 35.5. The summed E-state index contributed by atoms with van der Waals surface area (Å²) in [6.45, 7) is 2.20. The zero-order valence-electron chi connectivity index (χ0n) is 12.9. The second-order valence-electron chi connectivity index (χ2n) is 5.26. The lowest BCUT2D eigenvalue weighted by molar-refractivity contribution is -0.119. The average molecular weight is 364 g/mol. The Morgan fingerprint density at radius 2 is 2.08 bits per heavy atom. The summed E-state index contributed by atoms with van der Waals surface area (Å²) in [7, 11) is 0. The second-order valence-corrected chi connectivity index (χ2v) is 6.10. The normalized spacial score (nSPS) is 12.1. The molecule has 3 aromatic rings. The van der Waals surface area contributed by atoms with E-state index in [-0.39, 0.29) is 5.91 Å². The number of carbonyl (C=O) groups excluding carboxylic acids is 1. The highest BCUT2D eigenvalue weighted by Crippen LogP contribution is 2.23. The van der Waals surface area contributed by atoms with E-state index in [0.29, 0.717) is 22.4 Å². The van der Waals surface area contributed by atoms with Gasteiger partial charge in [-0.05, 0) is 30.7 Å². The highest BCUT2D eigenvalue weighted by Gasteiger charge is 2.17. The van der Waals surface area contributed by atoms with Crippen molar-refractivity contribution in [1.82, 2.24) is 19.6 Å². The Hall–Kier alpha value is -2.31. The molecule has 0 spiro atoms. The summed E-state index contributed by atoms with van der Waals surface area (Å²) >= 11 is 12.1. The maximum absolute atomic E-state index is 12.4. The van der Waals surface area contributed by atoms with Gasteiger partial charge in [-0.1, -0.05) is 29.3 Å². The number of benzene rings is 1. The molecule has 0 aliphatic rings. The molecule has 0 saturated heterocycles. The molecule has 2 aromatic heterocycles. The largest absolute Gasteiger partial charge is 0.309 e. The minimum atomic E-state index is -0.428. The van der Waals surface area contributed by atoms with Crippen molar-refractivity contribution in [3.8, 4) is 0 Å². The van der Waals surface area contributed by atoms with Crippen molar-refractivity contribution in [3.05, 3.63) is 64.5 Å². The number of hydrogen-bond acceptors (Lipinski definition) is 3. The second kappa shape index (κ2) is 7.07. The summed E-state index contributed by atoms with van der Waals surface area (Å²) in [5, 5.41) is 12.3. The number of rotatable bonds is 5. The number of aromatic nitrogens is 4. The SMILES string of the molecule is CC(C(=O)Nc1ccnn1Cc1ccc(Cl)cc1Cl)n1cccn1. The molecule has 2 heterocycles. The quantitative estimate of drug-likeness (QED) is 0.752. The van der Waals surface area contributed by atoms with E-state index in [1.807, 2.05) is 6.07 Å². The van der Waals surface area contributed by atoms with Crippen LogP contribution in [0.4, 0.5) is 5.82 Å². The fourth-order valence-electron chi connectivity index (χ4n) is 2.24. The first-order valence-electron chi connectivity index (χ1n) is 7.30. The average Bonchev–Trinajstić information content (AvgIpc) is 3.21. The smallest absolute Gasteiger partial charge is 0.250 e. The molecule has 1 aromatic carbocycles. The van der Waals surface area contributed by atoms with Crippen molar-refractivity contribution >= 4 is 34.9 Å². The first-order valence-corrected chi connectivity index (χ1v) is 8.06. The van der Waals surface area contributed by atoms with Gasteiger partial charge in [0.1, 0.15) is 11.9 Å². The van der Waals surface area contributed by atoms with Crippen LogP contribution in [0.15, 0.2) is 48.9 Å². The van der Waals surface area contributed by atoms with E-state index >= 15 is 0 Å². The fourth-order valence-corrected chi connectivity index (χ4v) is 2.70. The molecular weight excluding hydrogens is 349 g/mol. The van der Waals surface area contributed by atoms with Gasteiger partial charge >= 0.3 is 0 Å². The molecule has 24 heavy (non-hydrogen) atoms. The topological polar surface area (TPSA) is 64.7 Å². The van der Waals surface area contributed by atoms with Crippen LogP contribution in [0.5, 0.6) is 0 Å². The molecule has 3 rings (SSSR count). The molecule has 1 amide bonds. The van der Waals surface area contributed by atoms with Crippen LogP contribution in [0, 0.1) is 0 Å². The van der Waals surface area contributed by atoms with Crippen molar-refractivity contribution in [1.29, 1.82) is 0 Å². The van der Waals surface area contributed by atoms with Crippen molar-refractivity contribution in [2.75, 3.05) is 5.32 Å². The lowest BCUT2D eigenvalue weighted by Gasteiger charge is -2.14. The van der Waals surface area contributed by atoms with Crippen molar-refractivity contribution in [2.45, 2.75) is 19.5 Å². The van der Waals surface area contributed by atoms with Gasteiger partial charge in [0.2, 0.25) is 5.91 Å². The summed E-state index contributed by atoms with van der Waals surface area (Å²) in [5.41, 5.74) is 0.861. The van der Waals surface area contributed by atoms with Crippen LogP contribution in [0.2, 0.25) is 10.0 Å². The first-order chi connectivity index (χ1) is 11.5. The van der Waals surface area contributed by atoms with Crippen LogP contribution in [0.3, 0.4) is 0 Å². The molecule has 8 heteroatoms. The standard InChI is InChI=1S/C16H15Cl2N5O/c1-11(22-8-2-6-19-22)16(24)21-15-5-7-20-23(15)10-12-3-4-13(17)9-14(12)18/h2-9,11H,10H2,1H3,(H,21,24). The molecule has 1 unspecified atom stereocenters. The van der Waals surface area contributed by atoms with Gasteiger partial charge in [-0.25, -0.2) is 4.68 Å². The Morgan fingerprint density at radius 1 is 1.25 bits per heavy atom. The summed E-state index contributed by atoms with van der Waals surface area (Å²) in [4.78, 5) is 12.4. The van der Waals surface area contributed by atoms with Gasteiger partial charge in [0.25, 0.3) is 0 Å². The lowest BCUT2D eigenvalue weighted by Crippen LogP contribution is -2.25. The van der Waals surface area contributed by atoms with E-state index in [1.54, 1.807) is 59.1 Å². The van der Waals surface area contributed by atoms with Crippen molar-refractivity contribution in [3.63, 3.8) is 0 Å². The van der Waals surface area contributed by atoms with Gasteiger partial charge in [-0.3, -0.25) is 9.48 Å². The predicted molar refractivity (Wildman–Crippen MR) is 93.4 cm³/mol. The number of nitrogens with zero attached hydrogens (tertiary/aromatic N) is 4. The highest BCUT2D eigenvalue weighted by molar-refractivity contribution is 6.35. The number of halogens is 2. The fraction of sp³-hybridized carbons (Fsp3) is 0.188. The van der Waals surface area contributed by atoms with Crippen LogP contribution in [0.1, 0.15) is 18.5 Å². The summed E-state index contributed by atoms with van der Waals surface area (Å²) in [6, 6.07) is 8.37. The van der Waals surface area contributed by atoms with E-state index in [9.17, 15) is 4.79 Å². The van der Waals surface area contributed by atoms with E-state index in [2.05, 4.69) is 15.5 Å². The van der Waals surface area contributed by atoms with E-state index < -0.39 is 6.04 Å². The number of amides is 1. The molecule has 124 valence electrons. The number of nitrogens with one attached hydrogen (secondary N) is 1. The third-order valence-electron chi connectivity index (χ3n) is 3.60. The van der Waals surface area contributed by atoms with Crippen LogP contribution in [0.25, 0.3) is 0 Å².